The van der Waals surface area contributed by atoms with Gasteiger partial charge < -0.3 is 14.4 Å². The first-order chi connectivity index (χ1) is 10.1. The lowest BCUT2D eigenvalue weighted by molar-refractivity contribution is -0.130. The molecule has 21 heavy (non-hydrogen) atoms. The van der Waals surface area contributed by atoms with Gasteiger partial charge in [0.05, 0.1) is 18.9 Å². The van der Waals surface area contributed by atoms with E-state index in [1.807, 2.05) is 6.07 Å². The number of nitrogens with zero attached hydrogens (tertiary/aromatic N) is 2. The van der Waals surface area contributed by atoms with Crippen molar-refractivity contribution in [1.29, 1.82) is 0 Å². The third kappa shape index (κ3) is 4.40. The van der Waals surface area contributed by atoms with Gasteiger partial charge in [-0.05, 0) is 12.1 Å². The highest BCUT2D eigenvalue weighted by molar-refractivity contribution is 7.99. The molecule has 0 aliphatic carbocycles. The predicted molar refractivity (Wildman–Crippen MR) is 74.4 cm³/mol. The van der Waals surface area contributed by atoms with Gasteiger partial charge >= 0.3 is 0 Å². The maximum Gasteiger partial charge on any atom is 0.257 e. The van der Waals surface area contributed by atoms with E-state index in [2.05, 4.69) is 4.98 Å². The van der Waals surface area contributed by atoms with Gasteiger partial charge in [-0.25, -0.2) is 13.8 Å². The summed E-state index contributed by atoms with van der Waals surface area (Å²) < 4.78 is 30.1. The number of carbonyl (C=O) groups is 1. The molecule has 1 N–H and O–H groups in total. The molecule has 0 aliphatic heterocycles. The molecule has 1 heterocycles. The highest BCUT2D eigenvalue weighted by Gasteiger charge is 2.18. The molecular formula is C13H14F2N2O3S. The second kappa shape index (κ2) is 7.37. The summed E-state index contributed by atoms with van der Waals surface area (Å²) in [6.07, 6.45) is -2.63. The van der Waals surface area contributed by atoms with Crippen molar-refractivity contribution in [3.05, 3.63) is 24.3 Å². The number of benzene rings is 1. The lowest BCUT2D eigenvalue weighted by Gasteiger charge is -2.20. The Hall–Kier alpha value is -1.67. The monoisotopic (exact) mass is 316 g/mol. The van der Waals surface area contributed by atoms with Crippen LogP contribution in [0.4, 0.5) is 8.78 Å². The first kappa shape index (κ1) is 15.7. The SMILES string of the molecule is O=C(CSc1nc2ccccc2o1)N(CCO)CC(F)F. The summed E-state index contributed by atoms with van der Waals surface area (Å²) in [5, 5.41) is 9.11. The van der Waals surface area contributed by atoms with Crippen LogP contribution in [-0.2, 0) is 4.79 Å². The van der Waals surface area contributed by atoms with Gasteiger partial charge in [0.1, 0.15) is 5.52 Å². The Morgan fingerprint density at radius 2 is 2.19 bits per heavy atom. The summed E-state index contributed by atoms with van der Waals surface area (Å²) >= 11 is 1.04. The summed E-state index contributed by atoms with van der Waals surface area (Å²) in [5.74, 6) is -0.559. The van der Waals surface area contributed by atoms with E-state index in [0.29, 0.717) is 16.3 Å². The van der Waals surface area contributed by atoms with E-state index < -0.39 is 18.9 Å². The molecule has 1 amide bonds. The quantitative estimate of drug-likeness (QED) is 0.792. The lowest BCUT2D eigenvalue weighted by atomic mass is 10.3. The minimum Gasteiger partial charge on any atom is -0.431 e. The van der Waals surface area contributed by atoms with Gasteiger partial charge in [0, 0.05) is 6.54 Å². The molecule has 0 atom stereocenters. The van der Waals surface area contributed by atoms with E-state index >= 15 is 0 Å². The average molecular weight is 316 g/mol. The molecule has 0 radical (unpaired) electrons. The van der Waals surface area contributed by atoms with Gasteiger partial charge in [0.15, 0.2) is 5.58 Å². The number of alkyl halides is 2. The topological polar surface area (TPSA) is 66.6 Å². The Labute approximate surface area is 123 Å². The van der Waals surface area contributed by atoms with Gasteiger partial charge in [0.25, 0.3) is 11.6 Å². The number of aliphatic hydroxyl groups is 1. The highest BCUT2D eigenvalue weighted by atomic mass is 32.2. The second-order valence-electron chi connectivity index (χ2n) is 4.19. The fraction of sp³-hybridized carbons (Fsp3) is 0.385. The number of aromatic nitrogens is 1. The van der Waals surface area contributed by atoms with Crippen LogP contribution in [-0.4, -0.2) is 52.8 Å². The van der Waals surface area contributed by atoms with E-state index in [1.54, 1.807) is 18.2 Å². The molecule has 0 saturated heterocycles. The summed E-state index contributed by atoms with van der Waals surface area (Å²) in [7, 11) is 0. The van der Waals surface area contributed by atoms with Crippen LogP contribution in [0.25, 0.3) is 11.1 Å². The van der Waals surface area contributed by atoms with Gasteiger partial charge in [-0.2, -0.15) is 0 Å². The minimum absolute atomic E-state index is 0.0699. The zero-order valence-corrected chi connectivity index (χ0v) is 11.9. The van der Waals surface area contributed by atoms with E-state index in [4.69, 9.17) is 9.52 Å². The van der Waals surface area contributed by atoms with Crippen molar-refractivity contribution in [3.8, 4) is 0 Å². The predicted octanol–water partition coefficient (Wildman–Crippen LogP) is 2.01. The normalized spacial score (nSPS) is 11.2. The number of rotatable bonds is 7. The zero-order valence-electron chi connectivity index (χ0n) is 11.0. The van der Waals surface area contributed by atoms with Crippen LogP contribution in [0.5, 0.6) is 0 Å². The number of hydrogen-bond acceptors (Lipinski definition) is 5. The Kier molecular flexibility index (Phi) is 5.51. The van der Waals surface area contributed by atoms with E-state index in [-0.39, 0.29) is 18.9 Å². The first-order valence-corrected chi connectivity index (χ1v) is 7.24. The number of amides is 1. The number of aliphatic hydroxyl groups excluding tert-OH is 1. The molecule has 2 rings (SSSR count). The van der Waals surface area contributed by atoms with Crippen molar-refractivity contribution in [2.75, 3.05) is 25.4 Å². The molecule has 0 bridgehead atoms. The van der Waals surface area contributed by atoms with Crippen molar-refractivity contribution < 1.29 is 23.1 Å². The molecule has 2 aromatic rings. The van der Waals surface area contributed by atoms with Crippen LogP contribution in [0.3, 0.4) is 0 Å². The number of carbonyl (C=O) groups excluding carboxylic acids is 1. The molecule has 8 heteroatoms. The van der Waals surface area contributed by atoms with Crippen LogP contribution in [0.15, 0.2) is 33.9 Å². The Morgan fingerprint density at radius 3 is 2.86 bits per heavy atom. The molecule has 0 saturated carbocycles. The third-order valence-electron chi connectivity index (χ3n) is 2.67. The molecule has 0 aliphatic rings. The van der Waals surface area contributed by atoms with E-state index in [1.165, 1.54) is 0 Å². The smallest absolute Gasteiger partial charge is 0.257 e. The van der Waals surface area contributed by atoms with Gasteiger partial charge in [0.2, 0.25) is 5.91 Å². The van der Waals surface area contributed by atoms with Gasteiger partial charge in [-0.15, -0.1) is 0 Å². The molecule has 0 unspecified atom stereocenters. The molecular weight excluding hydrogens is 302 g/mol. The summed E-state index contributed by atoms with van der Waals surface area (Å²) in [4.78, 5) is 17.0. The fourth-order valence-corrected chi connectivity index (χ4v) is 2.47. The van der Waals surface area contributed by atoms with Crippen molar-refractivity contribution in [2.45, 2.75) is 11.6 Å². The lowest BCUT2D eigenvalue weighted by Crippen LogP contribution is -2.38. The van der Waals surface area contributed by atoms with Crippen LogP contribution in [0.1, 0.15) is 0 Å². The summed E-state index contributed by atoms with van der Waals surface area (Å²) in [5.41, 5.74) is 1.28. The van der Waals surface area contributed by atoms with Gasteiger partial charge in [-0.3, -0.25) is 4.79 Å². The number of halogens is 2. The molecule has 1 aromatic carbocycles. The van der Waals surface area contributed by atoms with Crippen LogP contribution in [0.2, 0.25) is 0 Å². The fourth-order valence-electron chi connectivity index (χ4n) is 1.73. The molecule has 5 nitrogen and oxygen atoms in total. The number of oxazole rings is 1. The van der Waals surface area contributed by atoms with Crippen molar-refractivity contribution in [1.82, 2.24) is 9.88 Å². The summed E-state index contributed by atoms with van der Waals surface area (Å²) in [6.45, 7) is -1.16. The van der Waals surface area contributed by atoms with Crippen LogP contribution < -0.4 is 0 Å². The van der Waals surface area contributed by atoms with Crippen LogP contribution in [0, 0.1) is 0 Å². The maximum absolute atomic E-state index is 12.4. The van der Waals surface area contributed by atoms with Crippen molar-refractivity contribution in [3.63, 3.8) is 0 Å². The molecule has 0 spiro atoms. The second-order valence-corrected chi connectivity index (χ2v) is 5.12. The zero-order chi connectivity index (χ0) is 15.2. The molecule has 1 aromatic heterocycles. The standard InChI is InChI=1S/C13H14F2N2O3S/c14-11(15)7-17(5-6-18)12(19)8-21-13-16-9-3-1-2-4-10(9)20-13/h1-4,11,18H,5-8H2. The van der Waals surface area contributed by atoms with Crippen molar-refractivity contribution >= 4 is 28.8 Å². The van der Waals surface area contributed by atoms with Gasteiger partial charge in [-0.1, -0.05) is 23.9 Å². The Morgan fingerprint density at radius 1 is 1.43 bits per heavy atom. The van der Waals surface area contributed by atoms with Crippen molar-refractivity contribution in [2.24, 2.45) is 0 Å². The minimum atomic E-state index is -2.63. The van der Waals surface area contributed by atoms with E-state index in [9.17, 15) is 13.6 Å². The number of fused-ring (bicyclic) bond motifs is 1. The third-order valence-corrected chi connectivity index (χ3v) is 3.49. The first-order valence-electron chi connectivity index (χ1n) is 6.25. The van der Waals surface area contributed by atoms with Crippen LogP contribution >= 0.6 is 11.8 Å². The highest BCUT2D eigenvalue weighted by Crippen LogP contribution is 2.23. The number of para-hydroxylation sites is 2. The Balaban J connectivity index is 1.95. The number of hydrogen-bond donors (Lipinski definition) is 1. The van der Waals surface area contributed by atoms with E-state index in [0.717, 1.165) is 16.7 Å². The number of thioether (sulfide) groups is 1. The average Bonchev–Trinajstić information content (AvgIpc) is 2.86. The molecule has 0 fully saturated rings. The largest absolute Gasteiger partial charge is 0.431 e. The maximum atomic E-state index is 12.4. The molecule has 114 valence electrons. The summed E-state index contributed by atoms with van der Waals surface area (Å²) in [6, 6.07) is 7.15. The Bertz CT molecular complexity index is 573.